The highest BCUT2D eigenvalue weighted by Gasteiger charge is 2.12. The van der Waals surface area contributed by atoms with E-state index in [0.717, 1.165) is 35.1 Å². The van der Waals surface area contributed by atoms with Crippen molar-refractivity contribution in [3.05, 3.63) is 56.0 Å². The van der Waals surface area contributed by atoms with Crippen LogP contribution in [0, 0.1) is 0 Å². The number of benzene rings is 2. The van der Waals surface area contributed by atoms with Gasteiger partial charge in [-0.3, -0.25) is 0 Å². The minimum absolute atomic E-state index is 0.167. The van der Waals surface area contributed by atoms with Gasteiger partial charge < -0.3 is 25.2 Å². The van der Waals surface area contributed by atoms with E-state index in [-0.39, 0.29) is 6.61 Å². The fourth-order valence-electron chi connectivity index (χ4n) is 2.65. The van der Waals surface area contributed by atoms with E-state index < -0.39 is 0 Å². The minimum Gasteiger partial charge on any atom is -0.490 e. The van der Waals surface area contributed by atoms with E-state index in [1.54, 1.807) is 12.1 Å². The Morgan fingerprint density at radius 3 is 2.45 bits per heavy atom. The van der Waals surface area contributed by atoms with Crippen molar-refractivity contribution in [1.29, 1.82) is 0 Å². The highest BCUT2D eigenvalue weighted by molar-refractivity contribution is 9.10. The van der Waals surface area contributed by atoms with Gasteiger partial charge in [0.1, 0.15) is 6.61 Å². The molecule has 0 aliphatic heterocycles. The molecule has 0 heterocycles. The third kappa shape index (κ3) is 8.32. The van der Waals surface area contributed by atoms with Gasteiger partial charge in [0.15, 0.2) is 11.5 Å². The number of nitrogens with one attached hydrogen (secondary N) is 2. The molecule has 2 aromatic carbocycles. The molecule has 0 atom stereocenters. The summed E-state index contributed by atoms with van der Waals surface area (Å²) in [4.78, 5) is 0. The topological polar surface area (TPSA) is 62.8 Å². The maximum absolute atomic E-state index is 8.75. The van der Waals surface area contributed by atoms with Crippen molar-refractivity contribution in [3.8, 4) is 11.5 Å². The number of rotatable bonds is 13. The molecule has 0 aromatic heterocycles. The molecule has 0 unspecified atom stereocenters. The van der Waals surface area contributed by atoms with E-state index in [4.69, 9.17) is 37.8 Å². The van der Waals surface area contributed by atoms with Crippen molar-refractivity contribution in [3.63, 3.8) is 0 Å². The first-order valence-electron chi connectivity index (χ1n) is 9.59. The molecule has 0 radical (unpaired) electrons. The molecule has 2 aromatic rings. The zero-order valence-electron chi connectivity index (χ0n) is 16.4. The van der Waals surface area contributed by atoms with E-state index in [1.165, 1.54) is 0 Å². The van der Waals surface area contributed by atoms with E-state index >= 15 is 0 Å². The van der Waals surface area contributed by atoms with Crippen LogP contribution < -0.4 is 20.1 Å². The van der Waals surface area contributed by atoms with Gasteiger partial charge in [0.25, 0.3) is 0 Å². The van der Waals surface area contributed by atoms with Gasteiger partial charge in [-0.25, -0.2) is 0 Å². The number of ether oxygens (including phenoxy) is 2. The Bertz CT molecular complexity index is 778. The zero-order chi connectivity index (χ0) is 21.1. The largest absolute Gasteiger partial charge is 0.490 e. The van der Waals surface area contributed by atoms with Crippen molar-refractivity contribution in [2.24, 2.45) is 0 Å². The average molecular weight is 506 g/mol. The average Bonchev–Trinajstić information content (AvgIpc) is 2.70. The van der Waals surface area contributed by atoms with Gasteiger partial charge >= 0.3 is 0 Å². The Kier molecular flexibility index (Phi) is 11.1. The van der Waals surface area contributed by atoms with E-state index in [1.807, 2.05) is 25.1 Å². The van der Waals surface area contributed by atoms with Crippen LogP contribution in [0.1, 0.15) is 24.5 Å². The number of aliphatic hydroxyl groups excluding tert-OH is 1. The molecular weight excluding hydrogens is 479 g/mol. The van der Waals surface area contributed by atoms with Crippen LogP contribution in [-0.2, 0) is 13.2 Å². The predicted molar refractivity (Wildman–Crippen MR) is 122 cm³/mol. The van der Waals surface area contributed by atoms with Gasteiger partial charge in [-0.2, -0.15) is 0 Å². The Morgan fingerprint density at radius 2 is 1.72 bits per heavy atom. The first kappa shape index (κ1) is 24.3. The molecule has 0 bridgehead atoms. The molecule has 0 saturated carbocycles. The van der Waals surface area contributed by atoms with Crippen LogP contribution in [0.25, 0.3) is 0 Å². The lowest BCUT2D eigenvalue weighted by Crippen LogP contribution is -2.24. The van der Waals surface area contributed by atoms with Crippen LogP contribution in [0.4, 0.5) is 0 Å². The van der Waals surface area contributed by atoms with Crippen molar-refractivity contribution in [2.45, 2.75) is 26.5 Å². The quantitative estimate of drug-likeness (QED) is 0.341. The highest BCUT2D eigenvalue weighted by atomic mass is 79.9. The molecule has 0 saturated heterocycles. The normalized spacial score (nSPS) is 10.9. The van der Waals surface area contributed by atoms with Gasteiger partial charge in [-0.05, 0) is 61.8 Å². The molecule has 29 heavy (non-hydrogen) atoms. The third-order valence-electron chi connectivity index (χ3n) is 4.10. The van der Waals surface area contributed by atoms with Crippen LogP contribution in [0.2, 0.25) is 10.0 Å². The molecular formula is C21H27BrCl2N2O3. The second kappa shape index (κ2) is 13.3. The maximum atomic E-state index is 8.75. The first-order valence-corrected chi connectivity index (χ1v) is 11.1. The van der Waals surface area contributed by atoms with Gasteiger partial charge in [0.2, 0.25) is 0 Å². The molecule has 0 aliphatic carbocycles. The van der Waals surface area contributed by atoms with Crippen LogP contribution in [0.3, 0.4) is 0 Å². The lowest BCUT2D eigenvalue weighted by Gasteiger charge is -2.16. The summed E-state index contributed by atoms with van der Waals surface area (Å²) in [5.74, 6) is 1.37. The monoisotopic (exact) mass is 504 g/mol. The number of halogens is 3. The Labute approximate surface area is 190 Å². The van der Waals surface area contributed by atoms with Gasteiger partial charge in [0, 0.05) is 17.6 Å². The van der Waals surface area contributed by atoms with Crippen molar-refractivity contribution >= 4 is 39.1 Å². The Hall–Kier alpha value is -1.02. The summed E-state index contributed by atoms with van der Waals surface area (Å²) in [6.45, 7) is 6.13. The first-order chi connectivity index (χ1) is 14.0. The summed E-state index contributed by atoms with van der Waals surface area (Å²) in [5.41, 5.74) is 2.03. The number of aliphatic hydroxyl groups is 1. The molecule has 5 nitrogen and oxygen atoms in total. The zero-order valence-corrected chi connectivity index (χ0v) is 19.5. The Balaban J connectivity index is 1.96. The van der Waals surface area contributed by atoms with Crippen molar-refractivity contribution in [2.75, 3.05) is 32.8 Å². The van der Waals surface area contributed by atoms with Crippen LogP contribution >= 0.6 is 39.1 Å². The van der Waals surface area contributed by atoms with Crippen LogP contribution in [-0.4, -0.2) is 38.0 Å². The lowest BCUT2D eigenvalue weighted by atomic mass is 10.2. The Morgan fingerprint density at radius 1 is 0.966 bits per heavy atom. The minimum atomic E-state index is 0.167. The molecule has 3 N–H and O–H groups in total. The molecule has 8 heteroatoms. The SMILES string of the molecule is CCOc1cc(CNCCCNCCO)c(Br)cc1OCc1ccc(Cl)c(Cl)c1. The fraction of sp³-hybridized carbons (Fsp3) is 0.429. The molecule has 2 rings (SSSR count). The molecule has 0 amide bonds. The molecule has 0 aliphatic rings. The number of hydrogen-bond acceptors (Lipinski definition) is 5. The fourth-order valence-corrected chi connectivity index (χ4v) is 3.43. The lowest BCUT2D eigenvalue weighted by molar-refractivity contribution is 0.269. The second-order valence-corrected chi connectivity index (χ2v) is 8.03. The van der Waals surface area contributed by atoms with Crippen LogP contribution in [0.15, 0.2) is 34.8 Å². The molecule has 0 fully saturated rings. The summed E-state index contributed by atoms with van der Waals surface area (Å²) in [6.07, 6.45) is 0.987. The second-order valence-electron chi connectivity index (χ2n) is 6.36. The molecule has 160 valence electrons. The summed E-state index contributed by atoms with van der Waals surface area (Å²) in [7, 11) is 0. The predicted octanol–water partition coefficient (Wildman–Crippen LogP) is 4.80. The summed E-state index contributed by atoms with van der Waals surface area (Å²) in [6, 6.07) is 9.37. The van der Waals surface area contributed by atoms with Crippen LogP contribution in [0.5, 0.6) is 11.5 Å². The maximum Gasteiger partial charge on any atom is 0.162 e. The number of hydrogen-bond donors (Lipinski definition) is 3. The summed E-state index contributed by atoms with van der Waals surface area (Å²) >= 11 is 15.7. The highest BCUT2D eigenvalue weighted by Crippen LogP contribution is 2.34. The smallest absolute Gasteiger partial charge is 0.162 e. The van der Waals surface area contributed by atoms with Gasteiger partial charge in [0.05, 0.1) is 23.3 Å². The standard InChI is InChI=1S/C21H27BrCl2N2O3/c1-2-28-20-11-16(13-26-7-3-6-25-8-9-27)17(22)12-21(20)29-14-15-4-5-18(23)19(24)10-15/h4-5,10-12,25-27H,2-3,6-9,13-14H2,1H3. The third-order valence-corrected chi connectivity index (χ3v) is 5.58. The van der Waals surface area contributed by atoms with Gasteiger partial charge in [-0.15, -0.1) is 0 Å². The summed E-state index contributed by atoms with van der Waals surface area (Å²) in [5, 5.41) is 16.4. The van der Waals surface area contributed by atoms with Crippen molar-refractivity contribution in [1.82, 2.24) is 10.6 Å². The van der Waals surface area contributed by atoms with Crippen molar-refractivity contribution < 1.29 is 14.6 Å². The molecule has 0 spiro atoms. The van der Waals surface area contributed by atoms with Gasteiger partial charge in [-0.1, -0.05) is 45.2 Å². The summed E-state index contributed by atoms with van der Waals surface area (Å²) < 4.78 is 12.7. The van der Waals surface area contributed by atoms with E-state index in [9.17, 15) is 0 Å². The van der Waals surface area contributed by atoms with E-state index in [2.05, 4.69) is 26.6 Å². The van der Waals surface area contributed by atoms with E-state index in [0.29, 0.717) is 47.8 Å².